The molecular weight excluding hydrogens is 390 g/mol. The largest absolute Gasteiger partial charge is 0.383 e. The van der Waals surface area contributed by atoms with Gasteiger partial charge >= 0.3 is 6.03 Å². The molecule has 6 heteroatoms. The number of amides is 3. The molecule has 2 saturated heterocycles. The Morgan fingerprint density at radius 2 is 1.94 bits per heavy atom. The number of carbonyl (C=O) groups excluding carboxylic acids is 2. The van der Waals surface area contributed by atoms with Crippen molar-refractivity contribution in [3.05, 3.63) is 59.7 Å². The summed E-state index contributed by atoms with van der Waals surface area (Å²) in [6, 6.07) is 16.9. The van der Waals surface area contributed by atoms with Crippen LogP contribution in [0.1, 0.15) is 30.4 Å². The fourth-order valence-corrected chi connectivity index (χ4v) is 4.87. The summed E-state index contributed by atoms with van der Waals surface area (Å²) < 4.78 is 5.44. The Morgan fingerprint density at radius 1 is 1.16 bits per heavy atom. The first kappa shape index (κ1) is 21.4. The molecule has 0 aromatic heterocycles. The van der Waals surface area contributed by atoms with Gasteiger partial charge in [0.25, 0.3) is 0 Å². The number of nitrogens with one attached hydrogen (secondary N) is 1. The van der Waals surface area contributed by atoms with Crippen molar-refractivity contribution in [2.45, 2.75) is 38.3 Å². The monoisotopic (exact) mass is 421 g/mol. The van der Waals surface area contributed by atoms with E-state index in [9.17, 15) is 9.59 Å². The van der Waals surface area contributed by atoms with Gasteiger partial charge in [0.1, 0.15) is 6.54 Å². The predicted molar refractivity (Wildman–Crippen MR) is 121 cm³/mol. The van der Waals surface area contributed by atoms with Gasteiger partial charge in [-0.05, 0) is 30.0 Å². The highest BCUT2D eigenvalue weighted by atomic mass is 16.5. The average molecular weight is 422 g/mol. The van der Waals surface area contributed by atoms with Gasteiger partial charge in [0.2, 0.25) is 5.91 Å². The van der Waals surface area contributed by atoms with Crippen LogP contribution in [0.5, 0.6) is 0 Å². The number of carbonyl (C=O) groups is 2. The van der Waals surface area contributed by atoms with Crippen LogP contribution < -0.4 is 5.32 Å². The minimum atomic E-state index is -0.154. The van der Waals surface area contributed by atoms with E-state index in [1.54, 1.807) is 12.0 Å². The third kappa shape index (κ3) is 4.17. The molecule has 2 aliphatic rings. The van der Waals surface area contributed by atoms with Gasteiger partial charge in [0, 0.05) is 26.1 Å². The van der Waals surface area contributed by atoms with Gasteiger partial charge < -0.3 is 19.9 Å². The zero-order valence-electron chi connectivity index (χ0n) is 18.5. The number of fused-ring (bicyclic) bond motifs is 1. The van der Waals surface area contributed by atoms with Crippen LogP contribution in [-0.2, 0) is 9.53 Å². The minimum absolute atomic E-state index is 0.00224. The number of methoxy groups -OCH3 is 1. The third-order valence-corrected chi connectivity index (χ3v) is 6.36. The van der Waals surface area contributed by atoms with E-state index in [2.05, 4.69) is 60.8 Å². The molecule has 2 heterocycles. The van der Waals surface area contributed by atoms with Crippen LogP contribution in [0.25, 0.3) is 11.1 Å². The lowest BCUT2D eigenvalue weighted by molar-refractivity contribution is -0.160. The summed E-state index contributed by atoms with van der Waals surface area (Å²) in [4.78, 5) is 28.9. The molecule has 0 aliphatic carbocycles. The van der Waals surface area contributed by atoms with Crippen molar-refractivity contribution < 1.29 is 14.3 Å². The molecule has 3 amide bonds. The maximum Gasteiger partial charge on any atom is 0.317 e. The minimum Gasteiger partial charge on any atom is -0.383 e. The number of rotatable bonds is 6. The number of ether oxygens (including phenoxy) is 1. The zero-order valence-corrected chi connectivity index (χ0v) is 18.5. The molecule has 0 radical (unpaired) electrons. The Morgan fingerprint density at radius 3 is 2.61 bits per heavy atom. The highest BCUT2D eigenvalue weighted by Gasteiger charge is 2.54. The van der Waals surface area contributed by atoms with E-state index >= 15 is 0 Å². The van der Waals surface area contributed by atoms with E-state index in [1.165, 1.54) is 22.3 Å². The van der Waals surface area contributed by atoms with Crippen LogP contribution in [0.2, 0.25) is 0 Å². The highest BCUT2D eigenvalue weighted by Crippen LogP contribution is 2.43. The molecule has 164 valence electrons. The van der Waals surface area contributed by atoms with Crippen LogP contribution >= 0.6 is 0 Å². The van der Waals surface area contributed by atoms with E-state index in [1.807, 2.05) is 11.8 Å². The maximum atomic E-state index is 12.8. The van der Waals surface area contributed by atoms with E-state index in [-0.39, 0.29) is 36.5 Å². The van der Waals surface area contributed by atoms with E-state index < -0.39 is 0 Å². The first-order chi connectivity index (χ1) is 15.0. The van der Waals surface area contributed by atoms with E-state index in [4.69, 9.17) is 4.74 Å². The first-order valence-electron chi connectivity index (χ1n) is 11.0. The Bertz CT molecular complexity index is 943. The summed E-state index contributed by atoms with van der Waals surface area (Å²) in [5.41, 5.74) is 4.79. The van der Waals surface area contributed by atoms with Gasteiger partial charge in [-0.1, -0.05) is 61.0 Å². The van der Waals surface area contributed by atoms with Crippen LogP contribution in [0.3, 0.4) is 0 Å². The van der Waals surface area contributed by atoms with Gasteiger partial charge in [-0.15, -0.1) is 0 Å². The normalized spacial score (nSPS) is 22.7. The van der Waals surface area contributed by atoms with Crippen LogP contribution in [0, 0.1) is 6.92 Å². The molecule has 31 heavy (non-hydrogen) atoms. The Balaban J connectivity index is 1.55. The summed E-state index contributed by atoms with van der Waals surface area (Å²) in [5.74, 6) is 0.148. The van der Waals surface area contributed by atoms with Gasteiger partial charge in [-0.3, -0.25) is 4.79 Å². The van der Waals surface area contributed by atoms with Gasteiger partial charge in [-0.25, -0.2) is 4.79 Å². The summed E-state index contributed by atoms with van der Waals surface area (Å²) in [5, 5.41) is 2.89. The number of nitrogens with zero attached hydrogens (tertiary/aromatic N) is 2. The maximum absolute atomic E-state index is 12.8. The van der Waals surface area contributed by atoms with E-state index in [0.717, 1.165) is 6.42 Å². The smallest absolute Gasteiger partial charge is 0.317 e. The summed E-state index contributed by atoms with van der Waals surface area (Å²) >= 11 is 0. The number of hydrogen-bond acceptors (Lipinski definition) is 3. The number of hydrogen-bond donors (Lipinski definition) is 1. The second-order valence-electron chi connectivity index (χ2n) is 8.52. The lowest BCUT2D eigenvalue weighted by Crippen LogP contribution is -2.74. The number of benzene rings is 2. The third-order valence-electron chi connectivity index (χ3n) is 6.36. The zero-order chi connectivity index (χ0) is 22.0. The van der Waals surface area contributed by atoms with Crippen molar-refractivity contribution in [2.24, 2.45) is 0 Å². The van der Waals surface area contributed by atoms with Gasteiger partial charge in [-0.2, -0.15) is 0 Å². The quantitative estimate of drug-likeness (QED) is 0.778. The molecule has 2 aliphatic heterocycles. The Hall–Kier alpha value is -2.86. The van der Waals surface area contributed by atoms with Crippen LogP contribution in [-0.4, -0.2) is 67.2 Å². The second kappa shape index (κ2) is 9.10. The molecule has 0 spiro atoms. The number of aryl methyl sites for hydroxylation is 1. The Kier molecular flexibility index (Phi) is 6.28. The Labute approximate surface area is 184 Å². The SMILES string of the molecule is CCCNC(=O)N1CC(=O)N2[C@H](COC)[C@H](c3ccc(-c4cccc(C)c4)cc3)[C@@H]2C1. The fraction of sp³-hybridized carbons (Fsp3) is 0.440. The van der Waals surface area contributed by atoms with Crippen molar-refractivity contribution >= 4 is 11.9 Å². The average Bonchev–Trinajstić information content (AvgIpc) is 2.76. The second-order valence-corrected chi connectivity index (χ2v) is 8.52. The molecule has 3 atom stereocenters. The van der Waals surface area contributed by atoms with Crippen molar-refractivity contribution in [2.75, 3.05) is 33.4 Å². The summed E-state index contributed by atoms with van der Waals surface area (Å²) in [7, 11) is 1.67. The van der Waals surface area contributed by atoms with E-state index in [0.29, 0.717) is 19.7 Å². The molecule has 2 aromatic carbocycles. The first-order valence-corrected chi connectivity index (χ1v) is 11.0. The van der Waals surface area contributed by atoms with Crippen LogP contribution in [0.4, 0.5) is 4.79 Å². The van der Waals surface area contributed by atoms with Crippen molar-refractivity contribution in [3.63, 3.8) is 0 Å². The fourth-order valence-electron chi connectivity index (χ4n) is 4.87. The summed E-state index contributed by atoms with van der Waals surface area (Å²) in [6.45, 7) is 5.90. The van der Waals surface area contributed by atoms with Crippen molar-refractivity contribution in [3.8, 4) is 11.1 Å². The topological polar surface area (TPSA) is 61.9 Å². The lowest BCUT2D eigenvalue weighted by atomic mass is 9.73. The molecule has 0 unspecified atom stereocenters. The standard InChI is InChI=1S/C25H31N3O3/c1-4-12-26-25(30)27-14-21-24(22(16-31-3)28(21)23(29)15-27)19-10-8-18(9-11-19)20-7-5-6-17(2)13-20/h5-11,13,21-22,24H,4,12,14-16H2,1-3H3,(H,26,30)/t21-,22+,24+/m0/s1. The number of urea groups is 1. The van der Waals surface area contributed by atoms with Gasteiger partial charge in [0.15, 0.2) is 0 Å². The molecular formula is C25H31N3O3. The van der Waals surface area contributed by atoms with Crippen molar-refractivity contribution in [1.29, 1.82) is 0 Å². The molecule has 1 N–H and O–H groups in total. The lowest BCUT2D eigenvalue weighted by Gasteiger charge is -2.59. The van der Waals surface area contributed by atoms with Crippen LogP contribution in [0.15, 0.2) is 48.5 Å². The molecule has 0 bridgehead atoms. The molecule has 0 saturated carbocycles. The van der Waals surface area contributed by atoms with Crippen molar-refractivity contribution in [1.82, 2.24) is 15.1 Å². The molecule has 4 rings (SSSR count). The number of piperazine rings is 1. The molecule has 2 aromatic rings. The molecule has 6 nitrogen and oxygen atoms in total. The predicted octanol–water partition coefficient (Wildman–Crippen LogP) is 3.41. The highest BCUT2D eigenvalue weighted by molar-refractivity contribution is 5.87. The van der Waals surface area contributed by atoms with Gasteiger partial charge in [0.05, 0.1) is 18.7 Å². The molecule has 2 fully saturated rings. The summed E-state index contributed by atoms with van der Waals surface area (Å²) in [6.07, 6.45) is 0.870.